The van der Waals surface area contributed by atoms with Gasteiger partial charge in [0.1, 0.15) is 11.6 Å². The van der Waals surface area contributed by atoms with Crippen molar-refractivity contribution < 1.29 is 22.0 Å². The molecule has 0 unspecified atom stereocenters. The number of carbonyl (C=O) groups excluding carboxylic acids is 1. The maximum absolute atomic E-state index is 13.9. The fourth-order valence-electron chi connectivity index (χ4n) is 2.31. The summed E-state index contributed by atoms with van der Waals surface area (Å²) in [5.74, 6) is -2.15. The SMILES string of the molecule is CN(C(=O)CCN(c1ccc(F)cc1F)S(C)(=O)=O)c1ccccc1. The van der Waals surface area contributed by atoms with E-state index < -0.39 is 21.7 Å². The molecule has 0 bridgehead atoms. The summed E-state index contributed by atoms with van der Waals surface area (Å²) in [6, 6.07) is 11.4. The smallest absolute Gasteiger partial charge is 0.232 e. The Hall–Kier alpha value is -2.48. The van der Waals surface area contributed by atoms with Gasteiger partial charge in [0.25, 0.3) is 0 Å². The second-order valence-corrected chi connectivity index (χ2v) is 7.38. The Bertz CT molecular complexity index is 857. The number of hydrogen-bond donors (Lipinski definition) is 0. The quantitative estimate of drug-likeness (QED) is 0.788. The summed E-state index contributed by atoms with van der Waals surface area (Å²) in [4.78, 5) is 13.7. The van der Waals surface area contributed by atoms with Crippen LogP contribution >= 0.6 is 0 Å². The summed E-state index contributed by atoms with van der Waals surface area (Å²) < 4.78 is 51.7. The first-order valence-corrected chi connectivity index (χ1v) is 9.29. The van der Waals surface area contributed by atoms with E-state index in [1.54, 1.807) is 31.3 Å². The largest absolute Gasteiger partial charge is 0.315 e. The van der Waals surface area contributed by atoms with Crippen LogP contribution in [0.2, 0.25) is 0 Å². The first-order valence-electron chi connectivity index (χ1n) is 7.44. The molecule has 0 heterocycles. The Morgan fingerprint density at radius 3 is 2.28 bits per heavy atom. The molecule has 2 aromatic rings. The lowest BCUT2D eigenvalue weighted by Crippen LogP contribution is -2.36. The summed E-state index contributed by atoms with van der Waals surface area (Å²) >= 11 is 0. The predicted molar refractivity (Wildman–Crippen MR) is 93.0 cm³/mol. The van der Waals surface area contributed by atoms with Crippen LogP contribution in [-0.4, -0.2) is 34.2 Å². The van der Waals surface area contributed by atoms with E-state index in [4.69, 9.17) is 0 Å². The zero-order chi connectivity index (χ0) is 18.6. The summed E-state index contributed by atoms with van der Waals surface area (Å²) in [7, 11) is -2.27. The van der Waals surface area contributed by atoms with Gasteiger partial charge in [0.05, 0.1) is 11.9 Å². The molecule has 25 heavy (non-hydrogen) atoms. The van der Waals surface area contributed by atoms with Crippen molar-refractivity contribution in [2.24, 2.45) is 0 Å². The van der Waals surface area contributed by atoms with Crippen LogP contribution in [0, 0.1) is 11.6 Å². The van der Waals surface area contributed by atoms with E-state index >= 15 is 0 Å². The van der Waals surface area contributed by atoms with Crippen LogP contribution in [0.1, 0.15) is 6.42 Å². The third-order valence-electron chi connectivity index (χ3n) is 3.63. The lowest BCUT2D eigenvalue weighted by atomic mass is 10.2. The van der Waals surface area contributed by atoms with Crippen LogP contribution in [0.5, 0.6) is 0 Å². The second kappa shape index (κ2) is 7.60. The molecule has 0 atom stereocenters. The number of benzene rings is 2. The molecule has 1 amide bonds. The molecule has 0 saturated heterocycles. The van der Waals surface area contributed by atoms with Gasteiger partial charge in [0.15, 0.2) is 0 Å². The molecular formula is C17H18F2N2O3S. The number of carbonyl (C=O) groups is 1. The molecule has 0 aliphatic heterocycles. The lowest BCUT2D eigenvalue weighted by molar-refractivity contribution is -0.118. The third kappa shape index (κ3) is 4.76. The van der Waals surface area contributed by atoms with Gasteiger partial charge in [-0.2, -0.15) is 0 Å². The molecule has 0 saturated carbocycles. The Morgan fingerprint density at radius 2 is 1.72 bits per heavy atom. The summed E-state index contributed by atoms with van der Waals surface area (Å²) in [5, 5.41) is 0. The highest BCUT2D eigenvalue weighted by Crippen LogP contribution is 2.23. The maximum atomic E-state index is 13.9. The predicted octanol–water partition coefficient (Wildman–Crippen LogP) is 2.78. The summed E-state index contributed by atoms with van der Waals surface area (Å²) in [5.41, 5.74) is 0.366. The summed E-state index contributed by atoms with van der Waals surface area (Å²) in [6.07, 6.45) is 0.746. The average Bonchev–Trinajstić information content (AvgIpc) is 2.55. The highest BCUT2D eigenvalue weighted by molar-refractivity contribution is 7.92. The second-order valence-electron chi connectivity index (χ2n) is 5.47. The van der Waals surface area contributed by atoms with E-state index in [1.165, 1.54) is 4.90 Å². The molecule has 0 aromatic heterocycles. The van der Waals surface area contributed by atoms with Gasteiger partial charge in [-0.25, -0.2) is 17.2 Å². The molecule has 0 N–H and O–H groups in total. The Labute approximate surface area is 145 Å². The fourth-order valence-corrected chi connectivity index (χ4v) is 3.24. The van der Waals surface area contributed by atoms with Crippen molar-refractivity contribution in [3.63, 3.8) is 0 Å². The first-order chi connectivity index (χ1) is 11.7. The number of sulfonamides is 1. The van der Waals surface area contributed by atoms with Gasteiger partial charge in [0.2, 0.25) is 15.9 Å². The molecular weight excluding hydrogens is 350 g/mol. The van der Waals surface area contributed by atoms with Crippen molar-refractivity contribution in [1.29, 1.82) is 0 Å². The number of rotatable bonds is 6. The molecule has 0 spiro atoms. The first kappa shape index (κ1) is 18.9. The van der Waals surface area contributed by atoms with Gasteiger partial charge < -0.3 is 4.90 Å². The van der Waals surface area contributed by atoms with Crippen LogP contribution < -0.4 is 9.21 Å². The Balaban J connectivity index is 2.17. The van der Waals surface area contributed by atoms with Gasteiger partial charge in [-0.05, 0) is 24.3 Å². The maximum Gasteiger partial charge on any atom is 0.232 e. The highest BCUT2D eigenvalue weighted by atomic mass is 32.2. The molecule has 0 aliphatic rings. The monoisotopic (exact) mass is 368 g/mol. The van der Waals surface area contributed by atoms with E-state index in [9.17, 15) is 22.0 Å². The van der Waals surface area contributed by atoms with Gasteiger partial charge in [-0.15, -0.1) is 0 Å². The molecule has 0 fully saturated rings. The minimum atomic E-state index is -3.84. The molecule has 2 rings (SSSR count). The fraction of sp³-hybridized carbons (Fsp3) is 0.235. The van der Waals surface area contributed by atoms with Crippen molar-refractivity contribution in [2.75, 3.05) is 29.1 Å². The molecule has 5 nitrogen and oxygen atoms in total. The zero-order valence-electron chi connectivity index (χ0n) is 13.8. The van der Waals surface area contributed by atoms with Gasteiger partial charge in [0, 0.05) is 31.8 Å². The van der Waals surface area contributed by atoms with Gasteiger partial charge >= 0.3 is 0 Å². The minimum absolute atomic E-state index is 0.157. The molecule has 134 valence electrons. The van der Waals surface area contributed by atoms with Crippen molar-refractivity contribution >= 4 is 27.3 Å². The number of nitrogens with zero attached hydrogens (tertiary/aromatic N) is 2. The Kier molecular flexibility index (Phi) is 5.73. The lowest BCUT2D eigenvalue weighted by Gasteiger charge is -2.24. The highest BCUT2D eigenvalue weighted by Gasteiger charge is 2.23. The van der Waals surface area contributed by atoms with Gasteiger partial charge in [-0.3, -0.25) is 9.10 Å². The summed E-state index contributed by atoms with van der Waals surface area (Å²) in [6.45, 7) is -0.253. The van der Waals surface area contributed by atoms with Crippen LogP contribution in [0.25, 0.3) is 0 Å². The average molecular weight is 368 g/mol. The van der Waals surface area contributed by atoms with Crippen LogP contribution in [0.4, 0.5) is 20.2 Å². The van der Waals surface area contributed by atoms with Crippen LogP contribution in [0.15, 0.2) is 48.5 Å². The molecule has 2 aromatic carbocycles. The van der Waals surface area contributed by atoms with E-state index in [0.29, 0.717) is 11.8 Å². The number of halogens is 2. The van der Waals surface area contributed by atoms with E-state index in [1.807, 2.05) is 6.07 Å². The number of anilines is 2. The molecule has 0 aliphatic carbocycles. The third-order valence-corrected chi connectivity index (χ3v) is 4.81. The minimum Gasteiger partial charge on any atom is -0.315 e. The van der Waals surface area contributed by atoms with E-state index in [0.717, 1.165) is 22.7 Å². The number of amides is 1. The van der Waals surface area contributed by atoms with Crippen molar-refractivity contribution in [3.05, 3.63) is 60.2 Å². The van der Waals surface area contributed by atoms with E-state index in [2.05, 4.69) is 0 Å². The van der Waals surface area contributed by atoms with Crippen molar-refractivity contribution in [3.8, 4) is 0 Å². The number of para-hydroxylation sites is 1. The van der Waals surface area contributed by atoms with Crippen molar-refractivity contribution in [2.45, 2.75) is 6.42 Å². The van der Waals surface area contributed by atoms with Gasteiger partial charge in [-0.1, -0.05) is 18.2 Å². The zero-order valence-corrected chi connectivity index (χ0v) is 14.6. The standard InChI is InChI=1S/C17H18F2N2O3S/c1-20(14-6-4-3-5-7-14)17(22)10-11-21(25(2,23)24)16-9-8-13(18)12-15(16)19/h3-9,12H,10-11H2,1-2H3. The molecule has 8 heteroatoms. The van der Waals surface area contributed by atoms with E-state index in [-0.39, 0.29) is 24.6 Å². The van der Waals surface area contributed by atoms with Crippen LogP contribution in [-0.2, 0) is 14.8 Å². The molecule has 0 radical (unpaired) electrons. The van der Waals surface area contributed by atoms with Crippen molar-refractivity contribution in [1.82, 2.24) is 0 Å². The van der Waals surface area contributed by atoms with Crippen LogP contribution in [0.3, 0.4) is 0 Å². The topological polar surface area (TPSA) is 57.7 Å². The number of hydrogen-bond acceptors (Lipinski definition) is 3. The Morgan fingerprint density at radius 1 is 1.08 bits per heavy atom. The normalized spacial score (nSPS) is 11.2.